The Bertz CT molecular complexity index is 416. The van der Waals surface area contributed by atoms with Gasteiger partial charge in [-0.15, -0.1) is 0 Å². The first-order chi connectivity index (χ1) is 9.20. The molecule has 1 atom stereocenters. The fourth-order valence-electron chi connectivity index (χ4n) is 1.65. The quantitative estimate of drug-likeness (QED) is 0.754. The molecule has 1 aromatic rings. The van der Waals surface area contributed by atoms with Gasteiger partial charge in [0.1, 0.15) is 11.2 Å². The van der Waals surface area contributed by atoms with E-state index < -0.39 is 6.10 Å². The zero-order valence-corrected chi connectivity index (χ0v) is 13.4. The molecule has 0 saturated carbocycles. The van der Waals surface area contributed by atoms with Gasteiger partial charge in [0.2, 0.25) is 0 Å². The second-order valence-electron chi connectivity index (χ2n) is 4.04. The second-order valence-corrected chi connectivity index (χ2v) is 5.50. The van der Waals surface area contributed by atoms with Crippen LogP contribution in [0.4, 0.5) is 5.82 Å². The van der Waals surface area contributed by atoms with Crippen LogP contribution in [0.3, 0.4) is 0 Å². The molecule has 2 heterocycles. The molecule has 106 valence electrons. The van der Waals surface area contributed by atoms with Crippen LogP contribution in [0.1, 0.15) is 0 Å². The van der Waals surface area contributed by atoms with E-state index in [-0.39, 0.29) is 6.61 Å². The molecule has 1 aliphatic heterocycles. The number of ether oxygens (including phenoxy) is 2. The number of hydrogen-bond acceptors (Lipinski definition) is 6. The molecule has 0 aromatic carbocycles. The Balaban J connectivity index is 2.12. The molecule has 1 N–H and O–H groups in total. The first-order valence-electron chi connectivity index (χ1n) is 5.92. The van der Waals surface area contributed by atoms with Crippen molar-refractivity contribution in [2.45, 2.75) is 6.10 Å². The molecule has 0 spiro atoms. The van der Waals surface area contributed by atoms with Gasteiger partial charge >= 0.3 is 0 Å². The summed E-state index contributed by atoms with van der Waals surface area (Å²) in [7, 11) is 0. The number of anilines is 1. The van der Waals surface area contributed by atoms with E-state index in [2.05, 4.69) is 46.7 Å². The Morgan fingerprint density at radius 3 is 2.89 bits per heavy atom. The van der Waals surface area contributed by atoms with Crippen molar-refractivity contribution in [3.8, 4) is 5.88 Å². The Labute approximate surface area is 128 Å². The summed E-state index contributed by atoms with van der Waals surface area (Å²) in [4.78, 5) is 10.7. The minimum absolute atomic E-state index is 0.179. The van der Waals surface area contributed by atoms with Gasteiger partial charge < -0.3 is 19.5 Å². The molecular formula is C11H15Br2N3O3. The summed E-state index contributed by atoms with van der Waals surface area (Å²) in [5.41, 5.74) is 0. The van der Waals surface area contributed by atoms with Crippen LogP contribution in [0.2, 0.25) is 0 Å². The molecule has 1 aliphatic rings. The highest BCUT2D eigenvalue weighted by atomic mass is 79.9. The zero-order chi connectivity index (χ0) is 13.7. The fourth-order valence-corrected chi connectivity index (χ4v) is 2.11. The average molecular weight is 397 g/mol. The van der Waals surface area contributed by atoms with E-state index >= 15 is 0 Å². The topological polar surface area (TPSA) is 67.7 Å². The third-order valence-electron chi connectivity index (χ3n) is 2.59. The molecule has 8 heteroatoms. The number of alkyl halides is 1. The molecule has 6 nitrogen and oxygen atoms in total. The van der Waals surface area contributed by atoms with Crippen molar-refractivity contribution in [1.82, 2.24) is 9.97 Å². The molecule has 0 amide bonds. The van der Waals surface area contributed by atoms with Crippen LogP contribution in [0.25, 0.3) is 0 Å². The zero-order valence-electron chi connectivity index (χ0n) is 10.3. The molecule has 0 aliphatic carbocycles. The van der Waals surface area contributed by atoms with Gasteiger partial charge in [-0.05, 0) is 15.9 Å². The van der Waals surface area contributed by atoms with Crippen molar-refractivity contribution in [3.63, 3.8) is 0 Å². The van der Waals surface area contributed by atoms with Crippen LogP contribution in [-0.2, 0) is 4.74 Å². The summed E-state index contributed by atoms with van der Waals surface area (Å²) in [5, 5.41) is 9.97. The fraction of sp³-hybridized carbons (Fsp3) is 0.636. The maximum absolute atomic E-state index is 9.51. The van der Waals surface area contributed by atoms with E-state index in [1.165, 1.54) is 0 Å². The van der Waals surface area contributed by atoms with E-state index in [1.54, 1.807) is 6.20 Å². The highest BCUT2D eigenvalue weighted by Gasteiger charge is 2.19. The van der Waals surface area contributed by atoms with Gasteiger partial charge in [0, 0.05) is 18.4 Å². The summed E-state index contributed by atoms with van der Waals surface area (Å²) >= 11 is 6.51. The van der Waals surface area contributed by atoms with Crippen molar-refractivity contribution in [1.29, 1.82) is 0 Å². The van der Waals surface area contributed by atoms with Crippen LogP contribution < -0.4 is 9.64 Å². The lowest BCUT2D eigenvalue weighted by Gasteiger charge is -2.28. The molecular weight excluding hydrogens is 382 g/mol. The second kappa shape index (κ2) is 7.37. The van der Waals surface area contributed by atoms with Crippen LogP contribution in [-0.4, -0.2) is 59.4 Å². The Morgan fingerprint density at radius 2 is 2.21 bits per heavy atom. The predicted molar refractivity (Wildman–Crippen MR) is 78.1 cm³/mol. The number of morpholine rings is 1. The predicted octanol–water partition coefficient (Wildman–Crippen LogP) is 1.21. The summed E-state index contributed by atoms with van der Waals surface area (Å²) in [5.74, 6) is 1.12. The minimum Gasteiger partial charge on any atom is -0.472 e. The van der Waals surface area contributed by atoms with Crippen molar-refractivity contribution >= 4 is 37.7 Å². The highest BCUT2D eigenvalue weighted by Crippen LogP contribution is 2.26. The van der Waals surface area contributed by atoms with Crippen LogP contribution in [0.15, 0.2) is 10.8 Å². The monoisotopic (exact) mass is 395 g/mol. The Hall–Kier alpha value is -0.440. The lowest BCUT2D eigenvalue weighted by atomic mass is 10.4. The molecule has 1 saturated heterocycles. The Kier molecular flexibility index (Phi) is 5.80. The molecule has 0 bridgehead atoms. The maximum atomic E-state index is 9.51. The number of aliphatic hydroxyl groups is 1. The molecule has 0 radical (unpaired) electrons. The van der Waals surface area contributed by atoms with E-state index in [9.17, 15) is 5.11 Å². The molecule has 2 rings (SSSR count). The van der Waals surface area contributed by atoms with Crippen LogP contribution in [0.5, 0.6) is 5.88 Å². The van der Waals surface area contributed by atoms with Crippen molar-refractivity contribution < 1.29 is 14.6 Å². The highest BCUT2D eigenvalue weighted by molar-refractivity contribution is 9.10. The summed E-state index contributed by atoms with van der Waals surface area (Å²) in [6.45, 7) is 3.01. The molecule has 1 fully saturated rings. The number of halogens is 2. The Morgan fingerprint density at radius 1 is 1.47 bits per heavy atom. The minimum atomic E-state index is -0.567. The van der Waals surface area contributed by atoms with Gasteiger partial charge in [-0.25, -0.2) is 9.97 Å². The van der Waals surface area contributed by atoms with Gasteiger partial charge in [-0.2, -0.15) is 0 Å². The number of hydrogen-bond donors (Lipinski definition) is 1. The first-order valence-corrected chi connectivity index (χ1v) is 7.84. The largest absolute Gasteiger partial charge is 0.472 e. The smallest absolute Gasteiger partial charge is 0.257 e. The van der Waals surface area contributed by atoms with Gasteiger partial charge in [0.15, 0.2) is 5.82 Å². The number of aromatic nitrogens is 2. The van der Waals surface area contributed by atoms with Gasteiger partial charge in [0.05, 0.1) is 25.5 Å². The molecule has 19 heavy (non-hydrogen) atoms. The van der Waals surface area contributed by atoms with Crippen molar-refractivity contribution in [2.75, 3.05) is 43.1 Å². The lowest BCUT2D eigenvalue weighted by Crippen LogP contribution is -2.37. The molecule has 1 unspecified atom stereocenters. The summed E-state index contributed by atoms with van der Waals surface area (Å²) in [6.07, 6.45) is 1.02. The lowest BCUT2D eigenvalue weighted by molar-refractivity contribution is 0.117. The SMILES string of the molecule is OC(CBr)COc1ncc(Br)nc1N1CCOCC1. The van der Waals surface area contributed by atoms with E-state index in [0.29, 0.717) is 34.8 Å². The van der Waals surface area contributed by atoms with Gasteiger partial charge in [-0.3, -0.25) is 0 Å². The standard InChI is InChI=1S/C11H15Br2N3O3/c12-5-8(17)7-19-11-10(15-9(13)6-14-11)16-1-3-18-4-2-16/h6,8,17H,1-5,7H2. The van der Waals surface area contributed by atoms with Crippen LogP contribution >= 0.6 is 31.9 Å². The van der Waals surface area contributed by atoms with Crippen LogP contribution in [0, 0.1) is 0 Å². The van der Waals surface area contributed by atoms with Crippen molar-refractivity contribution in [2.24, 2.45) is 0 Å². The normalized spacial score (nSPS) is 17.3. The first kappa shape index (κ1) is 15.0. The number of aliphatic hydroxyl groups excluding tert-OH is 1. The third-order valence-corrected chi connectivity index (χ3v) is 3.72. The third kappa shape index (κ3) is 4.27. The van der Waals surface area contributed by atoms with Crippen molar-refractivity contribution in [3.05, 3.63) is 10.8 Å². The van der Waals surface area contributed by atoms with E-state index in [0.717, 1.165) is 13.1 Å². The van der Waals surface area contributed by atoms with Gasteiger partial charge in [-0.1, -0.05) is 15.9 Å². The summed E-state index contributed by atoms with van der Waals surface area (Å²) in [6, 6.07) is 0. The van der Waals surface area contributed by atoms with E-state index in [4.69, 9.17) is 9.47 Å². The number of nitrogens with zero attached hydrogens (tertiary/aromatic N) is 3. The summed E-state index contributed by atoms with van der Waals surface area (Å²) < 4.78 is 11.5. The number of rotatable bonds is 5. The van der Waals surface area contributed by atoms with Gasteiger partial charge in [0.25, 0.3) is 5.88 Å². The average Bonchev–Trinajstić information content (AvgIpc) is 2.46. The maximum Gasteiger partial charge on any atom is 0.257 e. The van der Waals surface area contributed by atoms with E-state index in [1.807, 2.05) is 0 Å². The molecule has 1 aromatic heterocycles.